The Morgan fingerprint density at radius 1 is 0.821 bits per heavy atom. The summed E-state index contributed by atoms with van der Waals surface area (Å²) in [7, 11) is 0. The summed E-state index contributed by atoms with van der Waals surface area (Å²) in [5.41, 5.74) is 1.07. The molecule has 10 heteroatoms. The van der Waals surface area contributed by atoms with E-state index in [0.29, 0.717) is 0 Å². The van der Waals surface area contributed by atoms with Gasteiger partial charge in [-0.25, -0.2) is 4.79 Å². The SMILES string of the molecule is CC(C)(C)OC(=O)N1CCN(C(=O)[C@H](O)[C@@H](O)[C@H](OCc2ccccc2)[C@H](O)COCc2ccccc2)CC1. The maximum absolute atomic E-state index is 13.1. The third-order valence-electron chi connectivity index (χ3n) is 6.22. The normalized spacial score (nSPS) is 17.3. The van der Waals surface area contributed by atoms with Crippen LogP contribution in [0.4, 0.5) is 4.79 Å². The third-order valence-corrected chi connectivity index (χ3v) is 6.22. The lowest BCUT2D eigenvalue weighted by atomic mass is 10.0. The first-order chi connectivity index (χ1) is 18.5. The molecule has 2 amide bonds. The zero-order valence-electron chi connectivity index (χ0n) is 22.8. The smallest absolute Gasteiger partial charge is 0.410 e. The van der Waals surface area contributed by atoms with E-state index in [1.165, 1.54) is 9.80 Å². The van der Waals surface area contributed by atoms with Crippen molar-refractivity contribution < 1.29 is 39.1 Å². The second-order valence-electron chi connectivity index (χ2n) is 10.6. The molecular formula is C29H40N2O8. The summed E-state index contributed by atoms with van der Waals surface area (Å²) < 4.78 is 16.8. The lowest BCUT2D eigenvalue weighted by Crippen LogP contribution is -2.57. The molecular weight excluding hydrogens is 504 g/mol. The molecule has 1 aliphatic rings. The van der Waals surface area contributed by atoms with E-state index in [0.717, 1.165) is 11.1 Å². The fourth-order valence-electron chi connectivity index (χ4n) is 4.12. The first kappa shape index (κ1) is 30.5. The molecule has 0 unspecified atom stereocenters. The van der Waals surface area contributed by atoms with Gasteiger partial charge in [-0.2, -0.15) is 0 Å². The summed E-state index contributed by atoms with van der Waals surface area (Å²) in [6.07, 6.45) is -6.66. The molecule has 4 atom stereocenters. The molecule has 1 heterocycles. The molecule has 2 aromatic rings. The van der Waals surface area contributed by atoms with Gasteiger partial charge in [-0.1, -0.05) is 60.7 Å². The predicted molar refractivity (Wildman–Crippen MR) is 144 cm³/mol. The minimum absolute atomic E-state index is 0.0494. The molecule has 3 rings (SSSR count). The number of nitrogens with zero attached hydrogens (tertiary/aromatic N) is 2. The van der Waals surface area contributed by atoms with Crippen molar-refractivity contribution in [1.82, 2.24) is 9.80 Å². The summed E-state index contributed by atoms with van der Waals surface area (Å²) in [6, 6.07) is 18.6. The van der Waals surface area contributed by atoms with Gasteiger partial charge in [0, 0.05) is 26.2 Å². The van der Waals surface area contributed by atoms with E-state index in [1.54, 1.807) is 20.8 Å². The van der Waals surface area contributed by atoms with Crippen LogP contribution in [-0.4, -0.2) is 99.9 Å². The second-order valence-corrected chi connectivity index (χ2v) is 10.6. The van der Waals surface area contributed by atoms with Crippen molar-refractivity contribution >= 4 is 12.0 Å². The van der Waals surface area contributed by atoms with Crippen LogP contribution in [0.1, 0.15) is 31.9 Å². The van der Waals surface area contributed by atoms with Crippen LogP contribution in [0.3, 0.4) is 0 Å². The van der Waals surface area contributed by atoms with Crippen molar-refractivity contribution in [1.29, 1.82) is 0 Å². The van der Waals surface area contributed by atoms with Gasteiger partial charge >= 0.3 is 6.09 Å². The predicted octanol–water partition coefficient (Wildman–Crippen LogP) is 1.95. The number of hydrogen-bond acceptors (Lipinski definition) is 8. The maximum Gasteiger partial charge on any atom is 0.410 e. The van der Waals surface area contributed by atoms with Crippen molar-refractivity contribution in [2.24, 2.45) is 0 Å². The molecule has 0 radical (unpaired) electrons. The number of ether oxygens (including phenoxy) is 3. The van der Waals surface area contributed by atoms with Crippen LogP contribution in [0.25, 0.3) is 0 Å². The molecule has 0 spiro atoms. The van der Waals surface area contributed by atoms with Crippen molar-refractivity contribution in [3.63, 3.8) is 0 Å². The number of aliphatic hydroxyl groups is 3. The zero-order chi connectivity index (χ0) is 28.4. The lowest BCUT2D eigenvalue weighted by Gasteiger charge is -2.37. The van der Waals surface area contributed by atoms with Crippen molar-refractivity contribution in [2.45, 2.75) is 64.0 Å². The highest BCUT2D eigenvalue weighted by molar-refractivity contribution is 5.81. The van der Waals surface area contributed by atoms with Gasteiger partial charge in [0.25, 0.3) is 5.91 Å². The Balaban J connectivity index is 1.60. The number of hydrogen-bond donors (Lipinski definition) is 3. The minimum atomic E-state index is -1.84. The summed E-state index contributed by atoms with van der Waals surface area (Å²) in [5.74, 6) is -0.711. The number of rotatable bonds is 11. The molecule has 0 saturated carbocycles. The molecule has 0 aromatic heterocycles. The number of carbonyl (C=O) groups is 2. The fourth-order valence-corrected chi connectivity index (χ4v) is 4.12. The highest BCUT2D eigenvalue weighted by Gasteiger charge is 2.39. The van der Waals surface area contributed by atoms with E-state index < -0.39 is 42.0 Å². The van der Waals surface area contributed by atoms with Crippen LogP contribution in [0.5, 0.6) is 0 Å². The van der Waals surface area contributed by atoms with E-state index >= 15 is 0 Å². The molecule has 1 saturated heterocycles. The van der Waals surface area contributed by atoms with Gasteiger partial charge < -0.3 is 39.3 Å². The number of aliphatic hydroxyl groups excluding tert-OH is 3. The molecule has 0 aliphatic carbocycles. The van der Waals surface area contributed by atoms with Crippen LogP contribution in [0, 0.1) is 0 Å². The van der Waals surface area contributed by atoms with Crippen molar-refractivity contribution in [3.8, 4) is 0 Å². The molecule has 10 nitrogen and oxygen atoms in total. The Morgan fingerprint density at radius 2 is 1.33 bits per heavy atom. The molecule has 2 aromatic carbocycles. The van der Waals surface area contributed by atoms with Gasteiger partial charge in [0.15, 0.2) is 6.10 Å². The van der Waals surface area contributed by atoms with Crippen LogP contribution in [0.15, 0.2) is 60.7 Å². The summed E-state index contributed by atoms with van der Waals surface area (Å²) in [6.45, 7) is 6.23. The van der Waals surface area contributed by atoms with Crippen LogP contribution in [-0.2, 0) is 32.2 Å². The molecule has 0 bridgehead atoms. The van der Waals surface area contributed by atoms with E-state index in [-0.39, 0.29) is 46.0 Å². The average Bonchev–Trinajstić information content (AvgIpc) is 2.92. The quantitative estimate of drug-likeness (QED) is 0.392. The largest absolute Gasteiger partial charge is 0.444 e. The van der Waals surface area contributed by atoms with Crippen LogP contribution in [0.2, 0.25) is 0 Å². The average molecular weight is 545 g/mol. The van der Waals surface area contributed by atoms with Gasteiger partial charge in [-0.15, -0.1) is 0 Å². The topological polar surface area (TPSA) is 129 Å². The summed E-state index contributed by atoms with van der Waals surface area (Å²) in [4.78, 5) is 28.2. The number of piperazine rings is 1. The molecule has 1 aliphatic heterocycles. The Hall–Kier alpha value is -3.02. The summed E-state index contributed by atoms with van der Waals surface area (Å²) in [5, 5.41) is 32.7. The number of carbonyl (C=O) groups excluding carboxylic acids is 2. The van der Waals surface area contributed by atoms with E-state index in [1.807, 2.05) is 60.7 Å². The number of benzene rings is 2. The van der Waals surface area contributed by atoms with Gasteiger partial charge in [0.1, 0.15) is 23.9 Å². The fraction of sp³-hybridized carbons (Fsp3) is 0.517. The molecule has 39 heavy (non-hydrogen) atoms. The highest BCUT2D eigenvalue weighted by atomic mass is 16.6. The first-order valence-electron chi connectivity index (χ1n) is 13.1. The Kier molecular flexibility index (Phi) is 11.3. The van der Waals surface area contributed by atoms with E-state index in [9.17, 15) is 24.9 Å². The molecule has 1 fully saturated rings. The molecule has 3 N–H and O–H groups in total. The van der Waals surface area contributed by atoms with Crippen molar-refractivity contribution in [2.75, 3.05) is 32.8 Å². The van der Waals surface area contributed by atoms with Crippen LogP contribution >= 0.6 is 0 Å². The minimum Gasteiger partial charge on any atom is -0.444 e. The zero-order valence-corrected chi connectivity index (χ0v) is 22.8. The summed E-state index contributed by atoms with van der Waals surface area (Å²) >= 11 is 0. The van der Waals surface area contributed by atoms with E-state index in [2.05, 4.69) is 0 Å². The Labute approximate surface area is 229 Å². The highest BCUT2D eigenvalue weighted by Crippen LogP contribution is 2.17. The molecule has 214 valence electrons. The van der Waals surface area contributed by atoms with Gasteiger partial charge in [0.2, 0.25) is 0 Å². The first-order valence-corrected chi connectivity index (χ1v) is 13.1. The second kappa shape index (κ2) is 14.4. The van der Waals surface area contributed by atoms with Crippen molar-refractivity contribution in [3.05, 3.63) is 71.8 Å². The maximum atomic E-state index is 13.1. The standard InChI is InChI=1S/C29H40N2O8/c1-29(2,3)39-28(36)31-16-14-30(15-17-31)27(35)25(34)24(33)26(38-19-22-12-8-5-9-13-22)23(32)20-37-18-21-10-6-4-7-11-21/h4-13,23-26,32-34H,14-20H2,1-3H3/t23-,24-,25-,26-/m1/s1. The monoisotopic (exact) mass is 544 g/mol. The van der Waals surface area contributed by atoms with Gasteiger partial charge in [-0.05, 0) is 31.9 Å². The number of amides is 2. The third kappa shape index (κ3) is 9.59. The van der Waals surface area contributed by atoms with Crippen LogP contribution < -0.4 is 0 Å². The lowest BCUT2D eigenvalue weighted by molar-refractivity contribution is -0.171. The Bertz CT molecular complexity index is 1020. The Morgan fingerprint density at radius 3 is 1.87 bits per heavy atom. The van der Waals surface area contributed by atoms with Gasteiger partial charge in [0.05, 0.1) is 19.8 Å². The van der Waals surface area contributed by atoms with E-state index in [4.69, 9.17) is 14.2 Å². The van der Waals surface area contributed by atoms with Gasteiger partial charge in [-0.3, -0.25) is 4.79 Å².